The normalized spacial score (nSPS) is 19.9. The molecule has 3 aromatic heterocycles. The van der Waals surface area contributed by atoms with Crippen LogP contribution in [0.25, 0.3) is 16.9 Å². The van der Waals surface area contributed by atoms with Gasteiger partial charge in [0, 0.05) is 48.9 Å². The summed E-state index contributed by atoms with van der Waals surface area (Å²) < 4.78 is 1.61. The number of hydrogen-bond donors (Lipinski definition) is 3. The Morgan fingerprint density at radius 2 is 1.79 bits per heavy atom. The molecule has 3 N–H and O–H groups in total. The van der Waals surface area contributed by atoms with Gasteiger partial charge in [0.25, 0.3) is 5.91 Å². The van der Waals surface area contributed by atoms with Crippen LogP contribution in [0.3, 0.4) is 0 Å². The molecule has 0 radical (unpaired) electrons. The lowest BCUT2D eigenvalue weighted by Gasteiger charge is -2.28. The zero-order chi connectivity index (χ0) is 23.7. The topological polar surface area (TPSA) is 138 Å². The molecule has 2 saturated carbocycles. The summed E-state index contributed by atoms with van der Waals surface area (Å²) in [6.45, 7) is 0. The smallest absolute Gasteiger partial charge is 0.255 e. The van der Waals surface area contributed by atoms with Crippen LogP contribution in [0.2, 0.25) is 0 Å². The average Bonchev–Trinajstić information content (AvgIpc) is 3.58. The first-order valence-corrected chi connectivity index (χ1v) is 11.6. The van der Waals surface area contributed by atoms with Gasteiger partial charge in [0.1, 0.15) is 6.07 Å². The molecule has 2 amide bonds. The molecule has 0 aromatic carbocycles. The van der Waals surface area contributed by atoms with Crippen LogP contribution in [0.5, 0.6) is 0 Å². The molecule has 10 nitrogen and oxygen atoms in total. The third kappa shape index (κ3) is 4.41. The van der Waals surface area contributed by atoms with Crippen molar-refractivity contribution in [3.8, 4) is 11.9 Å². The van der Waals surface area contributed by atoms with Gasteiger partial charge in [-0.2, -0.15) is 15.0 Å². The summed E-state index contributed by atoms with van der Waals surface area (Å²) in [5.41, 5.74) is 2.25. The molecule has 0 saturated heterocycles. The summed E-state index contributed by atoms with van der Waals surface area (Å²) in [5, 5.41) is 23.5. The van der Waals surface area contributed by atoms with Gasteiger partial charge < -0.3 is 16.0 Å². The molecule has 0 atom stereocenters. The van der Waals surface area contributed by atoms with Crippen LogP contribution in [0.4, 0.5) is 5.69 Å². The highest BCUT2D eigenvalue weighted by atomic mass is 16.2. The summed E-state index contributed by atoms with van der Waals surface area (Å²) in [6, 6.07) is 6.01. The molecule has 5 rings (SSSR count). The first-order valence-electron chi connectivity index (χ1n) is 11.6. The Balaban J connectivity index is 1.37. The molecule has 10 heteroatoms. The van der Waals surface area contributed by atoms with Gasteiger partial charge in [-0.1, -0.05) is 0 Å². The number of hydrogen-bond acceptors (Lipinski definition) is 7. The molecule has 3 heterocycles. The van der Waals surface area contributed by atoms with Crippen molar-refractivity contribution in [2.24, 2.45) is 5.92 Å². The van der Waals surface area contributed by atoms with Crippen molar-refractivity contribution in [2.45, 2.75) is 50.6 Å². The van der Waals surface area contributed by atoms with Crippen LogP contribution in [0, 0.1) is 17.2 Å². The zero-order valence-corrected chi connectivity index (χ0v) is 18.9. The van der Waals surface area contributed by atoms with Gasteiger partial charge in [-0.25, -0.2) is 9.97 Å². The molecule has 3 aromatic rings. The van der Waals surface area contributed by atoms with E-state index in [1.54, 1.807) is 30.2 Å². The van der Waals surface area contributed by atoms with E-state index < -0.39 is 0 Å². The summed E-state index contributed by atoms with van der Waals surface area (Å²) in [6.07, 6.45) is 9.93. The van der Waals surface area contributed by atoms with Crippen molar-refractivity contribution in [1.29, 1.82) is 5.26 Å². The highest BCUT2D eigenvalue weighted by molar-refractivity contribution is 6.00. The molecule has 2 fully saturated rings. The van der Waals surface area contributed by atoms with E-state index in [0.29, 0.717) is 34.3 Å². The Bertz CT molecular complexity index is 1280. The van der Waals surface area contributed by atoms with E-state index in [2.05, 4.69) is 37.1 Å². The maximum atomic E-state index is 13.2. The lowest BCUT2D eigenvalue weighted by molar-refractivity contribution is -0.125. The van der Waals surface area contributed by atoms with Crippen LogP contribution in [0.1, 0.15) is 54.4 Å². The molecule has 0 unspecified atom stereocenters. The summed E-state index contributed by atoms with van der Waals surface area (Å²) in [4.78, 5) is 33.9. The van der Waals surface area contributed by atoms with Crippen LogP contribution in [-0.4, -0.2) is 50.7 Å². The van der Waals surface area contributed by atoms with E-state index >= 15 is 0 Å². The standard InChI is InChI=1S/C24H26N8O2/c1-26-23(33)15-2-4-18(5-3-15)31-24(34)19-13-27-21(9-20(19)30-17-6-7-17)32-22-16(12-29-32)8-14(10-25)11-28-22/h8-9,11-13,15,17-18H,2-7H2,1H3,(H,26,33)(H,27,30)(H,31,34). The number of rotatable bonds is 6. The third-order valence-corrected chi connectivity index (χ3v) is 6.50. The van der Waals surface area contributed by atoms with E-state index in [4.69, 9.17) is 5.26 Å². The lowest BCUT2D eigenvalue weighted by atomic mass is 9.85. The Labute approximate surface area is 196 Å². The zero-order valence-electron chi connectivity index (χ0n) is 18.9. The fourth-order valence-electron chi connectivity index (χ4n) is 4.43. The van der Waals surface area contributed by atoms with Crippen LogP contribution < -0.4 is 16.0 Å². The molecule has 34 heavy (non-hydrogen) atoms. The molecule has 2 aliphatic carbocycles. The molecule has 0 bridgehead atoms. The van der Waals surface area contributed by atoms with E-state index in [1.165, 1.54) is 6.20 Å². The van der Waals surface area contributed by atoms with Crippen LogP contribution in [0.15, 0.2) is 30.7 Å². The first kappa shape index (κ1) is 21.8. The second-order valence-electron chi connectivity index (χ2n) is 8.95. The second-order valence-corrected chi connectivity index (χ2v) is 8.95. The molecule has 0 spiro atoms. The number of nitrogens with zero attached hydrogens (tertiary/aromatic N) is 5. The Kier molecular flexibility index (Phi) is 5.84. The van der Waals surface area contributed by atoms with E-state index in [-0.39, 0.29) is 23.8 Å². The molecule has 0 aliphatic heterocycles. The summed E-state index contributed by atoms with van der Waals surface area (Å²) in [5.74, 6) is 0.462. The largest absolute Gasteiger partial charge is 0.382 e. The summed E-state index contributed by atoms with van der Waals surface area (Å²) >= 11 is 0. The monoisotopic (exact) mass is 458 g/mol. The highest BCUT2D eigenvalue weighted by Gasteiger charge is 2.28. The quantitative estimate of drug-likeness (QED) is 0.515. The maximum absolute atomic E-state index is 13.2. The van der Waals surface area contributed by atoms with Gasteiger partial charge in [-0.05, 0) is 44.6 Å². The van der Waals surface area contributed by atoms with Gasteiger partial charge in [0.15, 0.2) is 11.5 Å². The van der Waals surface area contributed by atoms with Gasteiger partial charge in [0.05, 0.1) is 23.0 Å². The second kappa shape index (κ2) is 9.09. The number of amides is 2. The third-order valence-electron chi connectivity index (χ3n) is 6.50. The Hall–Kier alpha value is -4.00. The van der Waals surface area contributed by atoms with E-state index in [9.17, 15) is 9.59 Å². The number of carbonyl (C=O) groups is 2. The number of nitrogens with one attached hydrogen (secondary N) is 3. The maximum Gasteiger partial charge on any atom is 0.255 e. The van der Waals surface area contributed by atoms with Crippen molar-refractivity contribution in [3.63, 3.8) is 0 Å². The number of aromatic nitrogens is 4. The lowest BCUT2D eigenvalue weighted by Crippen LogP contribution is -2.40. The Morgan fingerprint density at radius 1 is 1.03 bits per heavy atom. The molecule has 174 valence electrons. The van der Waals surface area contributed by atoms with Crippen molar-refractivity contribution >= 4 is 28.5 Å². The fourth-order valence-corrected chi connectivity index (χ4v) is 4.43. The van der Waals surface area contributed by atoms with Crippen molar-refractivity contribution in [1.82, 2.24) is 30.4 Å². The first-order chi connectivity index (χ1) is 16.6. The molecule has 2 aliphatic rings. The van der Waals surface area contributed by atoms with Gasteiger partial charge in [-0.15, -0.1) is 0 Å². The number of nitriles is 1. The van der Waals surface area contributed by atoms with Crippen molar-refractivity contribution in [2.75, 3.05) is 12.4 Å². The van der Waals surface area contributed by atoms with Crippen molar-refractivity contribution < 1.29 is 9.59 Å². The number of carbonyl (C=O) groups excluding carboxylic acids is 2. The molecular formula is C24H26N8O2. The minimum atomic E-state index is -0.173. The number of fused-ring (bicyclic) bond motifs is 1. The van der Waals surface area contributed by atoms with Gasteiger partial charge in [-0.3, -0.25) is 9.59 Å². The highest BCUT2D eigenvalue weighted by Crippen LogP contribution is 2.29. The predicted octanol–water partition coefficient (Wildman–Crippen LogP) is 2.30. The molecular weight excluding hydrogens is 432 g/mol. The average molecular weight is 459 g/mol. The van der Waals surface area contributed by atoms with Crippen LogP contribution in [-0.2, 0) is 4.79 Å². The van der Waals surface area contributed by atoms with E-state index in [0.717, 1.165) is 43.9 Å². The fraction of sp³-hybridized carbons (Fsp3) is 0.417. The number of pyridine rings is 2. The van der Waals surface area contributed by atoms with Gasteiger partial charge >= 0.3 is 0 Å². The minimum Gasteiger partial charge on any atom is -0.382 e. The van der Waals surface area contributed by atoms with E-state index in [1.807, 2.05) is 6.07 Å². The summed E-state index contributed by atoms with van der Waals surface area (Å²) in [7, 11) is 1.66. The van der Waals surface area contributed by atoms with Gasteiger partial charge in [0.2, 0.25) is 5.91 Å². The Morgan fingerprint density at radius 3 is 2.50 bits per heavy atom. The van der Waals surface area contributed by atoms with Crippen molar-refractivity contribution in [3.05, 3.63) is 41.9 Å². The predicted molar refractivity (Wildman–Crippen MR) is 125 cm³/mol. The van der Waals surface area contributed by atoms with Crippen LogP contribution >= 0.6 is 0 Å². The number of anilines is 1. The SMILES string of the molecule is CNC(=O)C1CCC(NC(=O)c2cnc(-n3ncc4cc(C#N)cnc43)cc2NC2CC2)CC1. The minimum absolute atomic E-state index is 0.0212.